The second-order valence-electron chi connectivity index (χ2n) is 5.32. The quantitative estimate of drug-likeness (QED) is 0.651. The van der Waals surface area contributed by atoms with Gasteiger partial charge in [-0.2, -0.15) is 0 Å². The lowest BCUT2D eigenvalue weighted by Gasteiger charge is -2.16. The average Bonchev–Trinajstić information content (AvgIpc) is 2.73. The van der Waals surface area contributed by atoms with Crippen LogP contribution in [0.3, 0.4) is 0 Å². The van der Waals surface area contributed by atoms with E-state index in [1.165, 1.54) is 21.3 Å². The Hall–Kier alpha value is -1.81. The summed E-state index contributed by atoms with van der Waals surface area (Å²) in [6, 6.07) is 12.2. The Labute approximate surface area is 131 Å². The maximum atomic E-state index is 11.6. The van der Waals surface area contributed by atoms with E-state index in [1.807, 2.05) is 18.2 Å². The molecular weight excluding hydrogens is 330 g/mol. The Bertz CT molecular complexity index is 856. The summed E-state index contributed by atoms with van der Waals surface area (Å²) in [6.07, 6.45) is 0. The van der Waals surface area contributed by atoms with Crippen LogP contribution in [0.2, 0.25) is 0 Å². The van der Waals surface area contributed by atoms with Crippen LogP contribution in [0.5, 0.6) is 0 Å². The van der Waals surface area contributed by atoms with Crippen LogP contribution in [0, 0.1) is 13.8 Å². The number of alkyl halides is 1. The number of halogens is 1. The van der Waals surface area contributed by atoms with Gasteiger partial charge in [0.15, 0.2) is 5.58 Å². The third-order valence-corrected chi connectivity index (χ3v) is 4.89. The molecule has 0 fully saturated rings. The molecule has 0 saturated carbocycles. The molecule has 1 aromatic heterocycles. The Morgan fingerprint density at radius 3 is 2.48 bits per heavy atom. The largest absolute Gasteiger partial charge is 0.419 e. The maximum absolute atomic E-state index is 11.6. The van der Waals surface area contributed by atoms with Crippen molar-refractivity contribution < 1.29 is 4.42 Å². The molecule has 0 spiro atoms. The highest BCUT2D eigenvalue weighted by atomic mass is 79.9. The minimum atomic E-state index is -0.333. The number of aryl methyl sites for hydroxylation is 3. The van der Waals surface area contributed by atoms with E-state index >= 15 is 0 Å². The highest BCUT2D eigenvalue weighted by Crippen LogP contribution is 2.35. The molecule has 1 atom stereocenters. The number of hydrogen-bond donors (Lipinski definition) is 0. The molecule has 0 radical (unpaired) electrons. The molecule has 108 valence electrons. The van der Waals surface area contributed by atoms with E-state index in [2.05, 4.69) is 48.0 Å². The van der Waals surface area contributed by atoms with Crippen molar-refractivity contribution in [2.45, 2.75) is 18.7 Å². The summed E-state index contributed by atoms with van der Waals surface area (Å²) in [5, 5.41) is 0. The summed E-state index contributed by atoms with van der Waals surface area (Å²) in [7, 11) is 1.71. The van der Waals surface area contributed by atoms with Gasteiger partial charge in [0.2, 0.25) is 0 Å². The number of benzene rings is 2. The van der Waals surface area contributed by atoms with Crippen molar-refractivity contribution >= 4 is 27.0 Å². The van der Waals surface area contributed by atoms with Crippen LogP contribution in [-0.4, -0.2) is 4.57 Å². The summed E-state index contributed by atoms with van der Waals surface area (Å²) in [5.74, 6) is -0.333. The van der Waals surface area contributed by atoms with E-state index in [9.17, 15) is 4.79 Å². The molecule has 0 aliphatic rings. The van der Waals surface area contributed by atoms with Gasteiger partial charge in [-0.15, -0.1) is 0 Å². The fourth-order valence-corrected chi connectivity index (χ4v) is 3.71. The highest BCUT2D eigenvalue weighted by molar-refractivity contribution is 9.09. The Balaban J connectivity index is 2.14. The zero-order valence-electron chi connectivity index (χ0n) is 12.2. The average molecular weight is 346 g/mol. The van der Waals surface area contributed by atoms with Gasteiger partial charge in [-0.3, -0.25) is 4.57 Å². The number of oxazole rings is 1. The first-order valence-corrected chi connectivity index (χ1v) is 7.70. The number of aromatic nitrogens is 1. The van der Waals surface area contributed by atoms with Gasteiger partial charge >= 0.3 is 5.76 Å². The first kappa shape index (κ1) is 14.1. The molecule has 3 nitrogen and oxygen atoms in total. The molecule has 21 heavy (non-hydrogen) atoms. The van der Waals surface area contributed by atoms with Crippen LogP contribution in [0.15, 0.2) is 45.6 Å². The maximum Gasteiger partial charge on any atom is 0.419 e. The standard InChI is InChI=1S/C17H16BrNO2/c1-10-5-4-6-11(2)15(10)16(18)12-7-8-13-14(9-12)21-17(20)19(13)3/h4-9,16H,1-3H3. The first-order valence-electron chi connectivity index (χ1n) is 6.78. The zero-order chi connectivity index (χ0) is 15.1. The van der Waals surface area contributed by atoms with Crippen molar-refractivity contribution in [3.63, 3.8) is 0 Å². The Morgan fingerprint density at radius 2 is 1.81 bits per heavy atom. The molecule has 0 saturated heterocycles. The highest BCUT2D eigenvalue weighted by Gasteiger charge is 2.17. The minimum absolute atomic E-state index is 0.0774. The number of fused-ring (bicyclic) bond motifs is 1. The Morgan fingerprint density at radius 1 is 1.14 bits per heavy atom. The van der Waals surface area contributed by atoms with Gasteiger partial charge in [0, 0.05) is 7.05 Å². The lowest BCUT2D eigenvalue weighted by atomic mass is 9.96. The van der Waals surface area contributed by atoms with Gasteiger partial charge in [0.1, 0.15) is 0 Å². The fourth-order valence-electron chi connectivity index (χ4n) is 2.70. The SMILES string of the molecule is Cc1cccc(C)c1C(Br)c1ccc2c(c1)oc(=O)n2C. The van der Waals surface area contributed by atoms with Crippen LogP contribution >= 0.6 is 15.9 Å². The second-order valence-corrected chi connectivity index (χ2v) is 6.24. The predicted octanol–water partition coefficient (Wildman–Crippen LogP) is 4.23. The molecule has 1 unspecified atom stereocenters. The van der Waals surface area contributed by atoms with E-state index in [0.717, 1.165) is 11.1 Å². The van der Waals surface area contributed by atoms with Crippen LogP contribution < -0.4 is 5.76 Å². The van der Waals surface area contributed by atoms with Crippen LogP contribution in [0.25, 0.3) is 11.1 Å². The molecule has 3 aromatic rings. The second kappa shape index (κ2) is 5.19. The lowest BCUT2D eigenvalue weighted by molar-refractivity contribution is 0.528. The fraction of sp³-hybridized carbons (Fsp3) is 0.235. The van der Waals surface area contributed by atoms with Gasteiger partial charge in [0.25, 0.3) is 0 Å². The van der Waals surface area contributed by atoms with E-state index in [-0.39, 0.29) is 10.6 Å². The molecule has 0 aliphatic carbocycles. The van der Waals surface area contributed by atoms with E-state index in [4.69, 9.17) is 4.42 Å². The number of rotatable bonds is 2. The van der Waals surface area contributed by atoms with Crippen LogP contribution in [0.4, 0.5) is 0 Å². The zero-order valence-corrected chi connectivity index (χ0v) is 13.8. The molecule has 3 rings (SSSR count). The topological polar surface area (TPSA) is 35.1 Å². The summed E-state index contributed by atoms with van der Waals surface area (Å²) < 4.78 is 6.79. The van der Waals surface area contributed by atoms with Crippen molar-refractivity contribution in [2.24, 2.45) is 7.05 Å². The summed E-state index contributed by atoms with van der Waals surface area (Å²) >= 11 is 3.78. The Kier molecular flexibility index (Phi) is 3.49. The van der Waals surface area contributed by atoms with Gasteiger partial charge in [-0.25, -0.2) is 4.79 Å². The molecule has 0 bridgehead atoms. The van der Waals surface area contributed by atoms with E-state index in [0.29, 0.717) is 5.58 Å². The molecular formula is C17H16BrNO2. The van der Waals surface area contributed by atoms with Gasteiger partial charge in [-0.05, 0) is 48.2 Å². The van der Waals surface area contributed by atoms with Crippen molar-refractivity contribution in [3.8, 4) is 0 Å². The lowest BCUT2D eigenvalue weighted by Crippen LogP contribution is -2.08. The summed E-state index contributed by atoms with van der Waals surface area (Å²) in [4.78, 5) is 11.7. The smallest absolute Gasteiger partial charge is 0.408 e. The van der Waals surface area contributed by atoms with Gasteiger partial charge in [-0.1, -0.05) is 40.2 Å². The third kappa shape index (κ3) is 2.33. The predicted molar refractivity (Wildman–Crippen MR) is 88.1 cm³/mol. The molecule has 4 heteroatoms. The third-order valence-electron chi connectivity index (χ3n) is 3.90. The first-order chi connectivity index (χ1) is 9.99. The summed E-state index contributed by atoms with van der Waals surface area (Å²) in [5.41, 5.74) is 6.25. The van der Waals surface area contributed by atoms with E-state index < -0.39 is 0 Å². The minimum Gasteiger partial charge on any atom is -0.408 e. The van der Waals surface area contributed by atoms with Gasteiger partial charge < -0.3 is 4.42 Å². The van der Waals surface area contributed by atoms with Crippen molar-refractivity contribution in [2.75, 3.05) is 0 Å². The van der Waals surface area contributed by atoms with Crippen LogP contribution in [0.1, 0.15) is 27.1 Å². The van der Waals surface area contributed by atoms with Crippen LogP contribution in [-0.2, 0) is 7.05 Å². The monoisotopic (exact) mass is 345 g/mol. The normalized spacial score (nSPS) is 12.8. The molecule has 1 heterocycles. The number of hydrogen-bond acceptors (Lipinski definition) is 2. The molecule has 0 N–H and O–H groups in total. The van der Waals surface area contributed by atoms with Crippen molar-refractivity contribution in [1.29, 1.82) is 0 Å². The molecule has 0 amide bonds. The van der Waals surface area contributed by atoms with E-state index in [1.54, 1.807) is 7.05 Å². The molecule has 0 aliphatic heterocycles. The summed E-state index contributed by atoms with van der Waals surface area (Å²) in [6.45, 7) is 4.22. The van der Waals surface area contributed by atoms with Crippen molar-refractivity contribution in [3.05, 3.63) is 69.2 Å². The molecule has 2 aromatic carbocycles. The number of nitrogens with zero attached hydrogens (tertiary/aromatic N) is 1. The van der Waals surface area contributed by atoms with Gasteiger partial charge in [0.05, 0.1) is 10.3 Å². The van der Waals surface area contributed by atoms with Crippen molar-refractivity contribution in [1.82, 2.24) is 4.57 Å².